The Labute approximate surface area is 206 Å². The zero-order valence-electron chi connectivity index (χ0n) is 18.6. The number of ether oxygens (including phenoxy) is 3. The van der Waals surface area contributed by atoms with E-state index in [2.05, 4.69) is 34.8 Å². The lowest BCUT2D eigenvalue weighted by Crippen LogP contribution is -2.54. The first-order chi connectivity index (χ1) is 15.9. The number of anilines is 1. The van der Waals surface area contributed by atoms with Crippen LogP contribution in [0, 0.1) is 3.57 Å². The minimum absolute atomic E-state index is 0.167. The van der Waals surface area contributed by atoms with Crippen LogP contribution >= 0.6 is 22.6 Å². The molecule has 1 aliphatic heterocycles. The average Bonchev–Trinajstić information content (AvgIpc) is 2.79. The lowest BCUT2D eigenvalue weighted by molar-refractivity contribution is -0.122. The molecule has 0 aliphatic carbocycles. The highest BCUT2D eigenvalue weighted by atomic mass is 127. The lowest BCUT2D eigenvalue weighted by atomic mass is 10.1. The summed E-state index contributed by atoms with van der Waals surface area (Å²) in [6.45, 7) is 4.99. The molecule has 1 heterocycles. The van der Waals surface area contributed by atoms with Gasteiger partial charge in [0.15, 0.2) is 11.5 Å². The van der Waals surface area contributed by atoms with Gasteiger partial charge in [0.2, 0.25) is 0 Å². The molecule has 0 saturated carbocycles. The van der Waals surface area contributed by atoms with E-state index in [0.717, 1.165) is 21.3 Å². The molecule has 0 spiro atoms. The van der Waals surface area contributed by atoms with Crippen molar-refractivity contribution >= 4 is 52.2 Å². The second-order valence-electron chi connectivity index (χ2n) is 7.12. The summed E-state index contributed by atoms with van der Waals surface area (Å²) in [7, 11) is 1.51. The number of urea groups is 1. The Morgan fingerprint density at radius 2 is 1.79 bits per heavy atom. The number of barbiturate groups is 1. The van der Waals surface area contributed by atoms with Crippen molar-refractivity contribution in [3.63, 3.8) is 0 Å². The van der Waals surface area contributed by atoms with Gasteiger partial charge >= 0.3 is 6.03 Å². The van der Waals surface area contributed by atoms with Gasteiger partial charge in [0, 0.05) is 0 Å². The molecule has 0 unspecified atom stereocenters. The maximum atomic E-state index is 13.1. The van der Waals surface area contributed by atoms with Crippen molar-refractivity contribution in [2.24, 2.45) is 0 Å². The number of halogens is 1. The summed E-state index contributed by atoms with van der Waals surface area (Å²) in [5.74, 6) is 0.223. The van der Waals surface area contributed by atoms with Crippen LogP contribution < -0.4 is 24.4 Å². The highest BCUT2D eigenvalue weighted by Crippen LogP contribution is 2.35. The predicted molar refractivity (Wildman–Crippen MR) is 133 cm³/mol. The quantitative estimate of drug-likeness (QED) is 0.208. The van der Waals surface area contributed by atoms with Gasteiger partial charge in [0.25, 0.3) is 11.8 Å². The zero-order chi connectivity index (χ0) is 24.0. The van der Waals surface area contributed by atoms with Crippen molar-refractivity contribution in [1.29, 1.82) is 0 Å². The van der Waals surface area contributed by atoms with E-state index in [1.807, 2.05) is 6.92 Å². The Morgan fingerprint density at radius 1 is 1.06 bits per heavy atom. The van der Waals surface area contributed by atoms with E-state index >= 15 is 0 Å². The Bertz CT molecular complexity index is 1080. The van der Waals surface area contributed by atoms with Gasteiger partial charge in [-0.25, -0.2) is 9.69 Å². The van der Waals surface area contributed by atoms with E-state index in [1.165, 1.54) is 13.2 Å². The third-order valence-electron chi connectivity index (χ3n) is 4.81. The highest BCUT2D eigenvalue weighted by molar-refractivity contribution is 14.1. The Morgan fingerprint density at radius 3 is 2.42 bits per heavy atom. The summed E-state index contributed by atoms with van der Waals surface area (Å²) in [5, 5.41) is 2.23. The molecule has 2 aromatic carbocycles. The molecule has 1 fully saturated rings. The summed E-state index contributed by atoms with van der Waals surface area (Å²) in [6.07, 6.45) is 3.38. The van der Waals surface area contributed by atoms with Crippen molar-refractivity contribution in [3.8, 4) is 17.2 Å². The van der Waals surface area contributed by atoms with Crippen molar-refractivity contribution in [1.82, 2.24) is 5.32 Å². The predicted octanol–water partition coefficient (Wildman–Crippen LogP) is 4.54. The fourth-order valence-electron chi connectivity index (χ4n) is 3.19. The van der Waals surface area contributed by atoms with Crippen molar-refractivity contribution in [2.45, 2.75) is 26.7 Å². The third kappa shape index (κ3) is 5.65. The molecule has 0 bridgehead atoms. The number of benzene rings is 2. The molecule has 2 aromatic rings. The average molecular weight is 564 g/mol. The van der Waals surface area contributed by atoms with E-state index in [-0.39, 0.29) is 5.57 Å². The minimum atomic E-state index is -0.805. The van der Waals surface area contributed by atoms with E-state index < -0.39 is 17.8 Å². The number of hydrogen-bond donors (Lipinski definition) is 1. The van der Waals surface area contributed by atoms with Gasteiger partial charge < -0.3 is 14.2 Å². The van der Waals surface area contributed by atoms with Gasteiger partial charge in [-0.05, 0) is 84.0 Å². The number of carbonyl (C=O) groups excluding carboxylic acids is 3. The van der Waals surface area contributed by atoms with Crippen LogP contribution in [0.5, 0.6) is 17.2 Å². The van der Waals surface area contributed by atoms with Gasteiger partial charge in [-0.2, -0.15) is 0 Å². The molecule has 9 heteroatoms. The van der Waals surface area contributed by atoms with E-state index in [0.29, 0.717) is 41.7 Å². The van der Waals surface area contributed by atoms with Gasteiger partial charge in [0.05, 0.1) is 29.6 Å². The summed E-state index contributed by atoms with van der Waals surface area (Å²) >= 11 is 2.10. The summed E-state index contributed by atoms with van der Waals surface area (Å²) < 4.78 is 17.4. The molecule has 1 saturated heterocycles. The smallest absolute Gasteiger partial charge is 0.335 e. The van der Waals surface area contributed by atoms with E-state index in [9.17, 15) is 14.4 Å². The second-order valence-corrected chi connectivity index (χ2v) is 8.28. The van der Waals surface area contributed by atoms with Crippen LogP contribution in [0.1, 0.15) is 32.3 Å². The topological polar surface area (TPSA) is 94.2 Å². The largest absolute Gasteiger partial charge is 0.494 e. The maximum absolute atomic E-state index is 13.1. The first-order valence-electron chi connectivity index (χ1n) is 10.5. The molecule has 4 amide bonds. The Hall–Kier alpha value is -3.08. The third-order valence-corrected chi connectivity index (χ3v) is 5.62. The van der Waals surface area contributed by atoms with Crippen molar-refractivity contribution < 1.29 is 28.6 Å². The summed E-state index contributed by atoms with van der Waals surface area (Å²) in [5.41, 5.74) is 0.727. The fraction of sp³-hybridized carbons (Fsp3) is 0.292. The Kier molecular flexibility index (Phi) is 8.32. The first-order valence-corrected chi connectivity index (χ1v) is 11.6. The molecule has 3 rings (SSSR count). The van der Waals surface area contributed by atoms with Crippen molar-refractivity contribution in [3.05, 3.63) is 51.1 Å². The maximum Gasteiger partial charge on any atom is 0.335 e. The summed E-state index contributed by atoms with van der Waals surface area (Å²) in [6, 6.07) is 9.22. The molecule has 0 radical (unpaired) electrons. The number of amides is 4. The van der Waals surface area contributed by atoms with Gasteiger partial charge in [-0.15, -0.1) is 0 Å². The van der Waals surface area contributed by atoms with Gasteiger partial charge in [0.1, 0.15) is 11.3 Å². The highest BCUT2D eigenvalue weighted by Gasteiger charge is 2.36. The molecule has 174 valence electrons. The van der Waals surface area contributed by atoms with Crippen LogP contribution in [-0.4, -0.2) is 38.2 Å². The number of carbonyl (C=O) groups is 3. The van der Waals surface area contributed by atoms with E-state index in [4.69, 9.17) is 14.2 Å². The number of rotatable bonds is 9. The van der Waals surface area contributed by atoms with Crippen LogP contribution in [-0.2, 0) is 9.59 Å². The molecule has 1 N–H and O–H groups in total. The first kappa shape index (κ1) is 24.6. The monoisotopic (exact) mass is 564 g/mol. The molecule has 0 atom stereocenters. The number of unbranched alkanes of at least 4 members (excludes halogenated alkanes) is 1. The molecular formula is C24H25IN2O6. The molecular weight excluding hydrogens is 539 g/mol. The fourth-order valence-corrected chi connectivity index (χ4v) is 3.97. The number of hydrogen-bond acceptors (Lipinski definition) is 6. The van der Waals surface area contributed by atoms with Gasteiger partial charge in [-0.1, -0.05) is 13.3 Å². The van der Waals surface area contributed by atoms with Crippen LogP contribution in [0.4, 0.5) is 10.5 Å². The van der Waals surface area contributed by atoms with Crippen LogP contribution in [0.2, 0.25) is 0 Å². The number of imide groups is 2. The molecule has 0 aromatic heterocycles. The molecule has 1 aliphatic rings. The standard InChI is InChI=1S/C24H25IN2O6/c1-4-6-11-33-17-9-7-16(8-10-17)27-23(29)18(22(28)26-24(27)30)12-15-13-19(25)21(32-5-2)20(14-15)31-3/h7-10,12-14H,4-6,11H2,1-3H3,(H,26,28,30)/b18-12-. The number of methoxy groups -OCH3 is 1. The Balaban J connectivity index is 1.91. The number of nitrogens with zero attached hydrogens (tertiary/aromatic N) is 1. The molecule has 8 nitrogen and oxygen atoms in total. The second kappa shape index (κ2) is 11.2. The zero-order valence-corrected chi connectivity index (χ0v) is 20.8. The lowest BCUT2D eigenvalue weighted by Gasteiger charge is -2.26. The van der Waals surface area contributed by atoms with Crippen LogP contribution in [0.3, 0.4) is 0 Å². The number of nitrogens with one attached hydrogen (secondary N) is 1. The summed E-state index contributed by atoms with van der Waals surface area (Å²) in [4.78, 5) is 39.0. The van der Waals surface area contributed by atoms with E-state index in [1.54, 1.807) is 36.4 Å². The van der Waals surface area contributed by atoms with Crippen molar-refractivity contribution in [2.75, 3.05) is 25.2 Å². The minimum Gasteiger partial charge on any atom is -0.494 e. The van der Waals surface area contributed by atoms with Crippen LogP contribution in [0.25, 0.3) is 6.08 Å². The van der Waals surface area contributed by atoms with Crippen LogP contribution in [0.15, 0.2) is 42.0 Å². The normalized spacial score (nSPS) is 15.0. The van der Waals surface area contributed by atoms with Gasteiger partial charge in [-0.3, -0.25) is 14.9 Å². The SMILES string of the molecule is CCCCOc1ccc(N2C(=O)NC(=O)/C(=C/c3cc(I)c(OCC)c(OC)c3)C2=O)cc1. The molecule has 33 heavy (non-hydrogen) atoms.